The van der Waals surface area contributed by atoms with Crippen LogP contribution in [0.4, 0.5) is 4.39 Å². The van der Waals surface area contributed by atoms with Crippen molar-refractivity contribution < 1.29 is 4.39 Å². The predicted molar refractivity (Wildman–Crippen MR) is 49.5 cm³/mol. The molecule has 0 radical (unpaired) electrons. The molecule has 1 aromatic rings. The van der Waals surface area contributed by atoms with E-state index in [4.69, 9.17) is 5.73 Å². The quantitative estimate of drug-likeness (QED) is 0.779. The third-order valence-corrected chi connectivity index (χ3v) is 2.24. The summed E-state index contributed by atoms with van der Waals surface area (Å²) in [5.74, 6) is 0.403. The Balaban J connectivity index is 2.79. The Morgan fingerprint density at radius 1 is 1.75 bits per heavy atom. The first-order valence-electron chi connectivity index (χ1n) is 3.59. The third kappa shape index (κ3) is 2.19. The number of thioether (sulfide) groups is 1. The molecule has 0 aromatic carbocycles. The zero-order valence-electron chi connectivity index (χ0n) is 6.83. The number of aromatic nitrogens is 1. The van der Waals surface area contributed by atoms with Crippen molar-refractivity contribution in [1.29, 1.82) is 0 Å². The number of nitrogens with two attached hydrogens (primary N) is 1. The van der Waals surface area contributed by atoms with Crippen LogP contribution in [0.5, 0.6) is 0 Å². The van der Waals surface area contributed by atoms with E-state index in [0.717, 1.165) is 5.75 Å². The van der Waals surface area contributed by atoms with Crippen LogP contribution < -0.4 is 5.73 Å². The number of nitrogens with zero attached hydrogens (tertiary/aromatic N) is 1. The SMILES string of the molecule is CSCC(N)c1ccncc1F. The largest absolute Gasteiger partial charge is 0.323 e. The van der Waals surface area contributed by atoms with Crippen molar-refractivity contribution in [2.75, 3.05) is 12.0 Å². The van der Waals surface area contributed by atoms with E-state index >= 15 is 0 Å². The highest BCUT2D eigenvalue weighted by Gasteiger charge is 2.09. The topological polar surface area (TPSA) is 38.9 Å². The Hall–Kier alpha value is -0.610. The summed E-state index contributed by atoms with van der Waals surface area (Å²) in [4.78, 5) is 3.65. The second kappa shape index (κ2) is 4.42. The summed E-state index contributed by atoms with van der Waals surface area (Å²) in [6.45, 7) is 0. The van der Waals surface area contributed by atoms with Crippen LogP contribution in [0.1, 0.15) is 11.6 Å². The first kappa shape index (κ1) is 9.48. The summed E-state index contributed by atoms with van der Waals surface area (Å²) in [6, 6.07) is 1.39. The number of hydrogen-bond donors (Lipinski definition) is 1. The molecule has 0 saturated carbocycles. The van der Waals surface area contributed by atoms with E-state index in [2.05, 4.69) is 4.98 Å². The zero-order chi connectivity index (χ0) is 8.97. The first-order chi connectivity index (χ1) is 5.75. The second-order valence-electron chi connectivity index (χ2n) is 2.46. The Bertz CT molecular complexity index is 255. The fraction of sp³-hybridized carbons (Fsp3) is 0.375. The van der Waals surface area contributed by atoms with E-state index in [0.29, 0.717) is 5.56 Å². The summed E-state index contributed by atoms with van der Waals surface area (Å²) < 4.78 is 13.0. The van der Waals surface area contributed by atoms with Gasteiger partial charge in [0.25, 0.3) is 0 Å². The van der Waals surface area contributed by atoms with Crippen molar-refractivity contribution in [3.05, 3.63) is 29.8 Å². The number of hydrogen-bond acceptors (Lipinski definition) is 3. The fourth-order valence-electron chi connectivity index (χ4n) is 0.956. The Labute approximate surface area is 75.4 Å². The van der Waals surface area contributed by atoms with Gasteiger partial charge in [-0.05, 0) is 12.3 Å². The lowest BCUT2D eigenvalue weighted by Crippen LogP contribution is -2.14. The maximum Gasteiger partial charge on any atom is 0.146 e. The highest BCUT2D eigenvalue weighted by Crippen LogP contribution is 2.16. The molecule has 0 saturated heterocycles. The van der Waals surface area contributed by atoms with Gasteiger partial charge in [0.15, 0.2) is 0 Å². The Kier molecular flexibility index (Phi) is 3.49. The van der Waals surface area contributed by atoms with Gasteiger partial charge in [-0.2, -0.15) is 11.8 Å². The van der Waals surface area contributed by atoms with Crippen LogP contribution in [-0.4, -0.2) is 17.0 Å². The minimum atomic E-state index is -0.320. The lowest BCUT2D eigenvalue weighted by atomic mass is 10.1. The van der Waals surface area contributed by atoms with Crippen LogP contribution in [0.15, 0.2) is 18.5 Å². The van der Waals surface area contributed by atoms with Gasteiger partial charge in [0, 0.05) is 23.6 Å². The lowest BCUT2D eigenvalue weighted by molar-refractivity contribution is 0.589. The van der Waals surface area contributed by atoms with E-state index < -0.39 is 0 Å². The van der Waals surface area contributed by atoms with Crippen molar-refractivity contribution >= 4 is 11.8 Å². The molecule has 0 amide bonds. The molecule has 0 bridgehead atoms. The van der Waals surface area contributed by atoms with Crippen LogP contribution >= 0.6 is 11.8 Å². The minimum absolute atomic E-state index is 0.233. The van der Waals surface area contributed by atoms with Gasteiger partial charge in [-0.15, -0.1) is 0 Å². The van der Waals surface area contributed by atoms with Crippen molar-refractivity contribution in [2.24, 2.45) is 5.73 Å². The number of rotatable bonds is 3. The average Bonchev–Trinajstić information content (AvgIpc) is 2.05. The molecule has 1 unspecified atom stereocenters. The van der Waals surface area contributed by atoms with E-state index in [1.807, 2.05) is 6.26 Å². The van der Waals surface area contributed by atoms with E-state index in [1.54, 1.807) is 24.0 Å². The van der Waals surface area contributed by atoms with Crippen LogP contribution in [0.25, 0.3) is 0 Å². The molecule has 1 heterocycles. The summed E-state index contributed by atoms with van der Waals surface area (Å²) in [5.41, 5.74) is 6.26. The molecule has 1 rings (SSSR count). The summed E-state index contributed by atoms with van der Waals surface area (Å²) in [7, 11) is 0. The Morgan fingerprint density at radius 2 is 2.50 bits per heavy atom. The molecule has 2 nitrogen and oxygen atoms in total. The highest BCUT2D eigenvalue weighted by molar-refractivity contribution is 7.98. The van der Waals surface area contributed by atoms with E-state index in [1.165, 1.54) is 6.20 Å². The van der Waals surface area contributed by atoms with Crippen LogP contribution in [0.3, 0.4) is 0 Å². The monoisotopic (exact) mass is 186 g/mol. The molecular weight excluding hydrogens is 175 g/mol. The second-order valence-corrected chi connectivity index (χ2v) is 3.37. The third-order valence-electron chi connectivity index (χ3n) is 1.55. The molecule has 2 N–H and O–H groups in total. The van der Waals surface area contributed by atoms with Crippen molar-refractivity contribution in [2.45, 2.75) is 6.04 Å². The molecule has 1 atom stereocenters. The van der Waals surface area contributed by atoms with Gasteiger partial charge in [-0.25, -0.2) is 4.39 Å². The van der Waals surface area contributed by atoms with Gasteiger partial charge in [-0.3, -0.25) is 4.98 Å². The molecule has 12 heavy (non-hydrogen) atoms. The van der Waals surface area contributed by atoms with E-state index in [9.17, 15) is 4.39 Å². The van der Waals surface area contributed by atoms with Crippen molar-refractivity contribution in [3.8, 4) is 0 Å². The van der Waals surface area contributed by atoms with Crippen molar-refractivity contribution in [3.63, 3.8) is 0 Å². The van der Waals surface area contributed by atoms with Crippen molar-refractivity contribution in [1.82, 2.24) is 4.98 Å². The van der Waals surface area contributed by atoms with E-state index in [-0.39, 0.29) is 11.9 Å². The predicted octanol–water partition coefficient (Wildman–Crippen LogP) is 1.58. The van der Waals surface area contributed by atoms with Gasteiger partial charge in [-0.1, -0.05) is 0 Å². The van der Waals surface area contributed by atoms with Gasteiger partial charge < -0.3 is 5.73 Å². The summed E-state index contributed by atoms with van der Waals surface area (Å²) >= 11 is 1.60. The van der Waals surface area contributed by atoms with Crippen LogP contribution in [0, 0.1) is 5.82 Å². The first-order valence-corrected chi connectivity index (χ1v) is 4.99. The maximum absolute atomic E-state index is 13.0. The summed E-state index contributed by atoms with van der Waals surface area (Å²) in [6.07, 6.45) is 4.69. The maximum atomic E-state index is 13.0. The molecule has 0 aliphatic rings. The number of halogens is 1. The van der Waals surface area contributed by atoms with Gasteiger partial charge >= 0.3 is 0 Å². The van der Waals surface area contributed by atoms with Crippen LogP contribution in [0.2, 0.25) is 0 Å². The number of pyridine rings is 1. The molecule has 66 valence electrons. The highest BCUT2D eigenvalue weighted by atomic mass is 32.2. The fourth-order valence-corrected chi connectivity index (χ4v) is 1.49. The summed E-state index contributed by atoms with van der Waals surface area (Å²) in [5, 5.41) is 0. The van der Waals surface area contributed by atoms with Crippen LogP contribution in [-0.2, 0) is 0 Å². The smallest absolute Gasteiger partial charge is 0.146 e. The zero-order valence-corrected chi connectivity index (χ0v) is 7.64. The Morgan fingerprint density at radius 3 is 3.08 bits per heavy atom. The molecule has 0 fully saturated rings. The van der Waals surface area contributed by atoms with Gasteiger partial charge in [0.1, 0.15) is 5.82 Å². The molecule has 0 aliphatic heterocycles. The molecule has 0 aliphatic carbocycles. The molecule has 1 aromatic heterocycles. The van der Waals surface area contributed by atoms with Gasteiger partial charge in [0.05, 0.1) is 6.20 Å². The lowest BCUT2D eigenvalue weighted by Gasteiger charge is -2.09. The molecule has 4 heteroatoms. The standard InChI is InChI=1S/C8H11FN2S/c1-12-5-8(10)6-2-3-11-4-7(6)9/h2-4,8H,5,10H2,1H3. The minimum Gasteiger partial charge on any atom is -0.323 e. The normalized spacial score (nSPS) is 12.9. The molecular formula is C8H11FN2S. The average molecular weight is 186 g/mol. The molecule has 0 spiro atoms. The van der Waals surface area contributed by atoms with Gasteiger partial charge in [0.2, 0.25) is 0 Å².